The molecule has 5 heteroatoms. The van der Waals surface area contributed by atoms with Crippen LogP contribution in [0.1, 0.15) is 44.9 Å². The molecule has 2 aliphatic carbocycles. The minimum absolute atomic E-state index is 0. The Hall–Kier alpha value is -0.463. The van der Waals surface area contributed by atoms with Gasteiger partial charge in [0.05, 0.1) is 0 Å². The van der Waals surface area contributed by atoms with Crippen LogP contribution in [0.3, 0.4) is 0 Å². The SMILES string of the molecule is O=C([O-])CC1CCC(NC(=O)C2CC2)CC1.[Li+]. The number of carbonyl (C=O) groups is 2. The first kappa shape index (κ1) is 14.6. The van der Waals surface area contributed by atoms with Gasteiger partial charge in [0, 0.05) is 17.9 Å². The van der Waals surface area contributed by atoms with E-state index in [9.17, 15) is 14.7 Å². The molecule has 90 valence electrons. The summed E-state index contributed by atoms with van der Waals surface area (Å²) in [5.74, 6) is -0.242. The van der Waals surface area contributed by atoms with Gasteiger partial charge in [0.2, 0.25) is 5.91 Å². The summed E-state index contributed by atoms with van der Waals surface area (Å²) >= 11 is 0. The van der Waals surface area contributed by atoms with Crippen molar-refractivity contribution < 1.29 is 33.6 Å². The van der Waals surface area contributed by atoms with Gasteiger partial charge in [-0.25, -0.2) is 0 Å². The maximum Gasteiger partial charge on any atom is 1.00 e. The maximum atomic E-state index is 11.5. The Kier molecular flexibility index (Phi) is 5.55. The van der Waals surface area contributed by atoms with Crippen LogP contribution in [0.2, 0.25) is 0 Å². The number of rotatable bonds is 4. The summed E-state index contributed by atoms with van der Waals surface area (Å²) in [6.45, 7) is 0. The smallest absolute Gasteiger partial charge is 0.550 e. The normalized spacial score (nSPS) is 28.0. The molecule has 0 unspecified atom stereocenters. The topological polar surface area (TPSA) is 69.2 Å². The average Bonchev–Trinajstić information content (AvgIpc) is 3.03. The zero-order valence-electron chi connectivity index (χ0n) is 10.4. The predicted molar refractivity (Wildman–Crippen MR) is 56.2 cm³/mol. The molecule has 0 spiro atoms. The van der Waals surface area contributed by atoms with E-state index in [1.807, 2.05) is 0 Å². The van der Waals surface area contributed by atoms with Crippen molar-refractivity contribution >= 4 is 11.9 Å². The summed E-state index contributed by atoms with van der Waals surface area (Å²) in [5, 5.41) is 13.5. The summed E-state index contributed by atoms with van der Waals surface area (Å²) in [6.07, 6.45) is 5.85. The fourth-order valence-corrected chi connectivity index (χ4v) is 2.41. The van der Waals surface area contributed by atoms with Crippen LogP contribution in [-0.4, -0.2) is 17.9 Å². The molecule has 2 fully saturated rings. The second-order valence-corrected chi connectivity index (χ2v) is 5.08. The molecule has 0 saturated heterocycles. The monoisotopic (exact) mass is 231 g/mol. The third kappa shape index (κ3) is 4.73. The van der Waals surface area contributed by atoms with Crippen molar-refractivity contribution in [3.8, 4) is 0 Å². The number of hydrogen-bond acceptors (Lipinski definition) is 3. The van der Waals surface area contributed by atoms with E-state index in [0.717, 1.165) is 38.5 Å². The Morgan fingerprint density at radius 3 is 2.12 bits per heavy atom. The molecule has 2 aliphatic rings. The number of amides is 1. The molecule has 0 aromatic heterocycles. The zero-order valence-corrected chi connectivity index (χ0v) is 10.4. The molecular weight excluding hydrogens is 213 g/mol. The molecule has 2 saturated carbocycles. The van der Waals surface area contributed by atoms with Crippen molar-refractivity contribution in [2.75, 3.05) is 0 Å². The fraction of sp³-hybridized carbons (Fsp3) is 0.833. The van der Waals surface area contributed by atoms with Crippen LogP contribution in [0.4, 0.5) is 0 Å². The van der Waals surface area contributed by atoms with Gasteiger partial charge < -0.3 is 15.2 Å². The molecule has 0 aromatic rings. The largest absolute Gasteiger partial charge is 1.00 e. The number of carboxylic acids is 1. The third-order valence-electron chi connectivity index (χ3n) is 3.60. The molecule has 0 radical (unpaired) electrons. The molecule has 17 heavy (non-hydrogen) atoms. The summed E-state index contributed by atoms with van der Waals surface area (Å²) in [5.41, 5.74) is 0. The first-order valence-corrected chi connectivity index (χ1v) is 6.15. The minimum atomic E-state index is -0.953. The molecule has 0 aliphatic heterocycles. The standard InChI is InChI=1S/C12H19NO3.Li/c14-11(15)7-8-1-5-10(6-2-8)13-12(16)9-3-4-9;/h8-10H,1-7H2,(H,13,16)(H,14,15);/q;+1/p-1. The van der Waals surface area contributed by atoms with E-state index in [0.29, 0.717) is 0 Å². The zero-order chi connectivity index (χ0) is 11.5. The van der Waals surface area contributed by atoms with Gasteiger partial charge in [-0.2, -0.15) is 0 Å². The maximum absolute atomic E-state index is 11.5. The molecule has 0 aromatic carbocycles. The quantitative estimate of drug-likeness (QED) is 0.532. The molecule has 0 heterocycles. The van der Waals surface area contributed by atoms with E-state index in [2.05, 4.69) is 5.32 Å². The van der Waals surface area contributed by atoms with Crippen LogP contribution in [0.25, 0.3) is 0 Å². The predicted octanol–water partition coefficient (Wildman–Crippen LogP) is -2.78. The van der Waals surface area contributed by atoms with Gasteiger partial charge >= 0.3 is 18.9 Å². The van der Waals surface area contributed by atoms with Crippen molar-refractivity contribution in [3.63, 3.8) is 0 Å². The van der Waals surface area contributed by atoms with Gasteiger partial charge in [0.15, 0.2) is 0 Å². The Labute approximate surface area is 114 Å². The molecule has 0 atom stereocenters. The molecule has 4 nitrogen and oxygen atoms in total. The van der Waals surface area contributed by atoms with Crippen molar-refractivity contribution in [2.24, 2.45) is 11.8 Å². The molecule has 1 N–H and O–H groups in total. The first-order valence-electron chi connectivity index (χ1n) is 6.15. The summed E-state index contributed by atoms with van der Waals surface area (Å²) in [7, 11) is 0. The number of hydrogen-bond donors (Lipinski definition) is 1. The Balaban J connectivity index is 0.00000144. The van der Waals surface area contributed by atoms with Crippen molar-refractivity contribution in [2.45, 2.75) is 51.0 Å². The van der Waals surface area contributed by atoms with Crippen LogP contribution in [0, 0.1) is 11.8 Å². The van der Waals surface area contributed by atoms with E-state index in [1.165, 1.54) is 0 Å². The number of carbonyl (C=O) groups excluding carboxylic acids is 2. The number of nitrogens with one attached hydrogen (secondary N) is 1. The third-order valence-corrected chi connectivity index (χ3v) is 3.60. The van der Waals surface area contributed by atoms with Crippen LogP contribution in [0.15, 0.2) is 0 Å². The summed E-state index contributed by atoms with van der Waals surface area (Å²) in [4.78, 5) is 22.0. The van der Waals surface area contributed by atoms with E-state index in [-0.39, 0.29) is 49.1 Å². The molecular formula is C12H18LiNO3. The van der Waals surface area contributed by atoms with Gasteiger partial charge in [-0.05, 0) is 50.9 Å². The van der Waals surface area contributed by atoms with Gasteiger partial charge in [-0.3, -0.25) is 4.79 Å². The minimum Gasteiger partial charge on any atom is -0.550 e. The second-order valence-electron chi connectivity index (χ2n) is 5.08. The van der Waals surface area contributed by atoms with Gasteiger partial charge in [-0.1, -0.05) is 0 Å². The van der Waals surface area contributed by atoms with E-state index in [1.54, 1.807) is 0 Å². The molecule has 0 bridgehead atoms. The van der Waals surface area contributed by atoms with Crippen molar-refractivity contribution in [1.29, 1.82) is 0 Å². The van der Waals surface area contributed by atoms with Gasteiger partial charge in [0.1, 0.15) is 0 Å². The number of aliphatic carboxylic acids is 1. The fourth-order valence-electron chi connectivity index (χ4n) is 2.41. The van der Waals surface area contributed by atoms with Crippen LogP contribution in [0.5, 0.6) is 0 Å². The second kappa shape index (κ2) is 6.46. The van der Waals surface area contributed by atoms with E-state index in [4.69, 9.17) is 0 Å². The van der Waals surface area contributed by atoms with Crippen molar-refractivity contribution in [3.05, 3.63) is 0 Å². The Morgan fingerprint density at radius 1 is 1.06 bits per heavy atom. The van der Waals surface area contributed by atoms with E-state index >= 15 is 0 Å². The average molecular weight is 231 g/mol. The van der Waals surface area contributed by atoms with Crippen LogP contribution < -0.4 is 29.3 Å². The van der Waals surface area contributed by atoms with Gasteiger partial charge in [-0.15, -0.1) is 0 Å². The summed E-state index contributed by atoms with van der Waals surface area (Å²) in [6, 6.07) is 0.270. The Bertz CT molecular complexity index is 283. The molecule has 1 amide bonds. The van der Waals surface area contributed by atoms with Crippen LogP contribution in [-0.2, 0) is 9.59 Å². The Morgan fingerprint density at radius 2 is 1.65 bits per heavy atom. The van der Waals surface area contributed by atoms with Crippen LogP contribution >= 0.6 is 0 Å². The molecule has 2 rings (SSSR count). The number of carboxylic acid groups (broad SMARTS) is 1. The van der Waals surface area contributed by atoms with E-state index < -0.39 is 5.97 Å². The summed E-state index contributed by atoms with van der Waals surface area (Å²) < 4.78 is 0. The van der Waals surface area contributed by atoms with Crippen molar-refractivity contribution in [1.82, 2.24) is 5.32 Å². The first-order chi connectivity index (χ1) is 7.65. The van der Waals surface area contributed by atoms with Gasteiger partial charge in [0.25, 0.3) is 0 Å².